The average molecular weight is 1160 g/mol. The number of azide groups is 1. The number of nitrogens with one attached hydrogen (secondary N) is 4. The summed E-state index contributed by atoms with van der Waals surface area (Å²) >= 11 is 0. The molecule has 0 aliphatic rings. The number of unbranched alkanes of at least 4 members (excludes halogenated alkanes) is 1. The maximum Gasteiger partial charge on any atom is 0.247 e. The third kappa shape index (κ3) is 26.4. The predicted octanol–water partition coefficient (Wildman–Crippen LogP) is 7.94. The molecule has 0 unspecified atom stereocenters. The van der Waals surface area contributed by atoms with Gasteiger partial charge in [0.25, 0.3) is 0 Å². The molecular formula is C64H86N7O13. The van der Waals surface area contributed by atoms with Gasteiger partial charge in [-0.05, 0) is 85.1 Å². The van der Waals surface area contributed by atoms with Gasteiger partial charge in [0.1, 0.15) is 17.8 Å². The topological polar surface area (TPSA) is 240 Å². The molecule has 0 fully saturated rings. The molecule has 5 rings (SSSR count). The highest BCUT2D eigenvalue weighted by atomic mass is 16.6. The summed E-state index contributed by atoms with van der Waals surface area (Å²) in [5, 5.41) is 16.2. The van der Waals surface area contributed by atoms with Crippen LogP contribution in [0.25, 0.3) is 10.4 Å². The maximum atomic E-state index is 14.4. The zero-order valence-corrected chi connectivity index (χ0v) is 48.9. The number of hydrogen-bond donors (Lipinski definition) is 4. The minimum absolute atomic E-state index is 0.00497. The van der Waals surface area contributed by atoms with Crippen molar-refractivity contribution < 1.29 is 61.8 Å². The second-order valence-electron chi connectivity index (χ2n) is 19.4. The highest BCUT2D eigenvalue weighted by Gasteiger charge is 2.36. The van der Waals surface area contributed by atoms with Crippen LogP contribution in [0, 0.1) is 13.8 Å². The highest BCUT2D eigenvalue weighted by molar-refractivity contribution is 5.99. The maximum absolute atomic E-state index is 14.4. The van der Waals surface area contributed by atoms with Gasteiger partial charge in [0.2, 0.25) is 17.7 Å². The van der Waals surface area contributed by atoms with E-state index in [0.29, 0.717) is 155 Å². The first-order chi connectivity index (χ1) is 41.2. The van der Waals surface area contributed by atoms with Gasteiger partial charge in [-0.1, -0.05) is 132 Å². The highest BCUT2D eigenvalue weighted by Crippen LogP contribution is 2.37. The van der Waals surface area contributed by atoms with E-state index in [9.17, 15) is 14.4 Å². The smallest absolute Gasteiger partial charge is 0.247 e. The number of rotatable bonds is 47. The molecular weight excluding hydrogens is 1070 g/mol. The fourth-order valence-corrected chi connectivity index (χ4v) is 8.84. The molecule has 3 amide bonds. The Morgan fingerprint density at radius 1 is 0.548 bits per heavy atom. The first kappa shape index (κ1) is 68.0. The molecule has 84 heavy (non-hydrogen) atoms. The van der Waals surface area contributed by atoms with Crippen LogP contribution in [0.3, 0.4) is 0 Å². The summed E-state index contributed by atoms with van der Waals surface area (Å²) in [6.45, 7) is 14.1. The lowest BCUT2D eigenvalue weighted by atomic mass is 9.76. The number of nitrogens with zero attached hydrogens (tertiary/aromatic N) is 3. The van der Waals surface area contributed by atoms with Crippen molar-refractivity contribution in [2.75, 3.05) is 144 Å². The van der Waals surface area contributed by atoms with Crippen LogP contribution < -0.4 is 26.0 Å². The van der Waals surface area contributed by atoms with E-state index in [4.69, 9.17) is 52.9 Å². The monoisotopic (exact) mass is 1160 g/mol. The summed E-state index contributed by atoms with van der Waals surface area (Å²) in [6.07, 6.45) is 1.75. The van der Waals surface area contributed by atoms with Gasteiger partial charge in [-0.3, -0.25) is 19.7 Å². The molecule has 1 radical (unpaired) electrons. The molecule has 5 aromatic rings. The van der Waals surface area contributed by atoms with E-state index in [1.807, 2.05) is 66.7 Å². The molecule has 0 aliphatic heterocycles. The SMILES string of the molecule is [CH2]c1ccc(NC(=O)[C@H](CCCCNC(c2ccccc2)(c2ccccc2)c2ccc(C)cc2)NC(=O)[C@H](Cc2ccccc2)NC(=O)CCOCCOCCOCCOCCOCCOCCOCCOCCOCCN=[N+]=[N-])c(OC)c1. The Hall–Kier alpha value is -6.78. The van der Waals surface area contributed by atoms with E-state index < -0.39 is 29.4 Å². The van der Waals surface area contributed by atoms with Crippen LogP contribution >= 0.6 is 0 Å². The second-order valence-corrected chi connectivity index (χ2v) is 19.4. The summed E-state index contributed by atoms with van der Waals surface area (Å²) < 4.78 is 55.2. The Balaban J connectivity index is 1.01. The van der Waals surface area contributed by atoms with Crippen LogP contribution in [0.2, 0.25) is 0 Å². The van der Waals surface area contributed by atoms with Crippen LogP contribution in [-0.4, -0.2) is 169 Å². The van der Waals surface area contributed by atoms with Gasteiger partial charge in [-0.25, -0.2) is 0 Å². The van der Waals surface area contributed by atoms with E-state index in [2.05, 4.69) is 93.7 Å². The first-order valence-electron chi connectivity index (χ1n) is 28.8. The predicted molar refractivity (Wildman–Crippen MR) is 322 cm³/mol. The Morgan fingerprint density at radius 3 is 1.50 bits per heavy atom. The molecule has 0 bridgehead atoms. The van der Waals surface area contributed by atoms with E-state index in [1.54, 1.807) is 18.2 Å². The number of aryl methyl sites for hydroxylation is 1. The third-order valence-electron chi connectivity index (χ3n) is 13.1. The lowest BCUT2D eigenvalue weighted by molar-refractivity contribution is -0.131. The Kier molecular flexibility index (Phi) is 34.1. The van der Waals surface area contributed by atoms with Gasteiger partial charge in [-0.15, -0.1) is 0 Å². The van der Waals surface area contributed by atoms with Crippen LogP contribution in [0.15, 0.2) is 139 Å². The molecule has 0 aliphatic carbocycles. The number of methoxy groups -OCH3 is 1. The van der Waals surface area contributed by atoms with Gasteiger partial charge in [0.15, 0.2) is 0 Å². The van der Waals surface area contributed by atoms with E-state index >= 15 is 0 Å². The average Bonchev–Trinajstić information content (AvgIpc) is 2.65. The van der Waals surface area contributed by atoms with E-state index in [1.165, 1.54) is 7.11 Å². The van der Waals surface area contributed by atoms with Crippen LogP contribution in [-0.2, 0) is 69.0 Å². The molecule has 0 heterocycles. The fourth-order valence-electron chi connectivity index (χ4n) is 8.84. The third-order valence-corrected chi connectivity index (χ3v) is 13.1. The van der Waals surface area contributed by atoms with Crippen molar-refractivity contribution in [3.8, 4) is 5.75 Å². The van der Waals surface area contributed by atoms with Crippen molar-refractivity contribution in [3.05, 3.63) is 184 Å². The molecule has 0 saturated carbocycles. The standard InChI is InChI=1S/C64H86N7O13/c1-51-22-25-56(26-23-51)64(54-17-9-5-10-18-54,55-19-11-6-12-20-55)66-29-14-13-21-58(62(73)69-57-27-24-52(2)49-60(57)75-3)70-63(74)59(50-53-15-7-4-8-16-53)68-61(72)28-31-76-33-35-78-37-39-80-41-43-82-45-47-84-48-46-83-44-42-81-40-38-79-36-34-77-32-30-67-71-65/h4-12,15-20,22-27,49,58-59,66H,2,13-14,21,28-48,50H2,1,3H3,(H,68,72)(H,69,73)(H,70,74)/t58-,59-/m0/s1. The molecule has 20 nitrogen and oxygen atoms in total. The molecule has 2 atom stereocenters. The van der Waals surface area contributed by atoms with Gasteiger partial charge in [0.05, 0.1) is 137 Å². The van der Waals surface area contributed by atoms with Gasteiger partial charge in [-0.2, -0.15) is 0 Å². The summed E-state index contributed by atoms with van der Waals surface area (Å²) in [5.74, 6) is -0.858. The fraction of sp³-hybridized carbons (Fsp3) is 0.469. The van der Waals surface area contributed by atoms with Crippen molar-refractivity contribution in [2.24, 2.45) is 5.11 Å². The van der Waals surface area contributed by atoms with Crippen molar-refractivity contribution in [3.63, 3.8) is 0 Å². The van der Waals surface area contributed by atoms with E-state index in [-0.39, 0.29) is 32.0 Å². The largest absolute Gasteiger partial charge is 0.495 e. The van der Waals surface area contributed by atoms with Crippen molar-refractivity contribution in [1.82, 2.24) is 16.0 Å². The quantitative estimate of drug-likeness (QED) is 0.00951. The summed E-state index contributed by atoms with van der Waals surface area (Å²) in [5.41, 5.74) is 14.0. The minimum Gasteiger partial charge on any atom is -0.495 e. The number of ether oxygens (including phenoxy) is 10. The number of carbonyl (C=O) groups excluding carboxylic acids is 3. The van der Waals surface area contributed by atoms with Gasteiger partial charge < -0.3 is 63.3 Å². The molecule has 20 heteroatoms. The lowest BCUT2D eigenvalue weighted by Crippen LogP contribution is -2.53. The second kappa shape index (κ2) is 42.1. The number of carbonyl (C=O) groups is 3. The van der Waals surface area contributed by atoms with Crippen LogP contribution in [0.4, 0.5) is 5.69 Å². The summed E-state index contributed by atoms with van der Waals surface area (Å²) in [6, 6.07) is 42.1. The number of anilines is 1. The summed E-state index contributed by atoms with van der Waals surface area (Å²) in [7, 11) is 1.52. The molecule has 0 aromatic heterocycles. The van der Waals surface area contributed by atoms with Crippen molar-refractivity contribution in [1.29, 1.82) is 0 Å². The molecule has 0 spiro atoms. The molecule has 0 saturated heterocycles. The normalized spacial score (nSPS) is 12.0. The lowest BCUT2D eigenvalue weighted by Gasteiger charge is -2.37. The molecule has 455 valence electrons. The zero-order chi connectivity index (χ0) is 59.6. The summed E-state index contributed by atoms with van der Waals surface area (Å²) in [4.78, 5) is 44.8. The van der Waals surface area contributed by atoms with Crippen molar-refractivity contribution >= 4 is 23.4 Å². The zero-order valence-electron chi connectivity index (χ0n) is 48.9. The van der Waals surface area contributed by atoms with Gasteiger partial charge >= 0.3 is 0 Å². The van der Waals surface area contributed by atoms with Gasteiger partial charge in [0, 0.05) is 24.3 Å². The number of benzene rings is 5. The molecule has 4 N–H and O–H groups in total. The van der Waals surface area contributed by atoms with E-state index in [0.717, 1.165) is 27.8 Å². The Morgan fingerprint density at radius 2 is 1.01 bits per heavy atom. The Labute approximate surface area is 495 Å². The molecule has 5 aromatic carbocycles. The van der Waals surface area contributed by atoms with Crippen LogP contribution in [0.1, 0.15) is 59.1 Å². The van der Waals surface area contributed by atoms with Crippen LogP contribution in [0.5, 0.6) is 5.75 Å². The number of amides is 3. The first-order valence-corrected chi connectivity index (χ1v) is 28.8. The van der Waals surface area contributed by atoms with Crippen molar-refractivity contribution in [2.45, 2.75) is 56.7 Å². The minimum atomic E-state index is -0.992. The number of hydrogen-bond acceptors (Lipinski definition) is 15. The Bertz CT molecular complexity index is 2580.